The number of likely N-dealkylation sites (tertiary alicyclic amines) is 1. The molecule has 0 aliphatic carbocycles. The molecular weight excluding hydrogens is 767 g/mol. The summed E-state index contributed by atoms with van der Waals surface area (Å²) in [5.74, 6) is -1.38. The number of amides is 4. The minimum atomic E-state index is -0.767. The van der Waals surface area contributed by atoms with Gasteiger partial charge in [-0.15, -0.1) is 11.3 Å². The zero-order chi connectivity index (χ0) is 44.0. The maximum atomic E-state index is 14.5. The number of carbonyl (C=O) groups is 4. The molecule has 1 saturated heterocycles. The van der Waals surface area contributed by atoms with E-state index in [1.165, 1.54) is 11.3 Å². The number of nitrogens with zero attached hydrogens (tertiary/aromatic N) is 5. The van der Waals surface area contributed by atoms with E-state index >= 15 is 0 Å². The zero-order valence-corrected chi connectivity index (χ0v) is 39.0. The first-order chi connectivity index (χ1) is 28.0. The van der Waals surface area contributed by atoms with Crippen LogP contribution in [0.4, 0.5) is 0 Å². The summed E-state index contributed by atoms with van der Waals surface area (Å²) in [5.41, 5.74) is 1.09. The molecule has 4 amide bonds. The van der Waals surface area contributed by atoms with Gasteiger partial charge in [-0.25, -0.2) is 4.98 Å². The molecule has 13 nitrogen and oxygen atoms in total. The van der Waals surface area contributed by atoms with Crippen LogP contribution in [0, 0.1) is 23.7 Å². The van der Waals surface area contributed by atoms with Crippen molar-refractivity contribution in [3.8, 4) is 0 Å². The van der Waals surface area contributed by atoms with Crippen molar-refractivity contribution < 1.29 is 28.7 Å². The fourth-order valence-corrected chi connectivity index (χ4v) is 9.24. The molecule has 2 N–H and O–H groups in total. The summed E-state index contributed by atoms with van der Waals surface area (Å²) in [5, 5.41) is 9.11. The van der Waals surface area contributed by atoms with Gasteiger partial charge in [0, 0.05) is 52.5 Å². The Bertz CT molecular complexity index is 1580. The molecular formula is C45H75N7O6S. The van der Waals surface area contributed by atoms with E-state index in [9.17, 15) is 19.2 Å². The van der Waals surface area contributed by atoms with Crippen LogP contribution in [0.15, 0.2) is 41.9 Å². The lowest BCUT2D eigenvalue weighted by Crippen LogP contribution is -2.60. The Hall–Kier alpha value is -3.43. The highest BCUT2D eigenvalue weighted by molar-refractivity contribution is 7.09. The van der Waals surface area contributed by atoms with E-state index in [1.807, 2.05) is 96.4 Å². The second kappa shape index (κ2) is 24.1. The molecule has 2 heterocycles. The Morgan fingerprint density at radius 2 is 1.59 bits per heavy atom. The molecule has 1 aliphatic heterocycles. The number of methoxy groups -OCH3 is 2. The maximum absolute atomic E-state index is 14.5. The number of ether oxygens (including phenoxy) is 2. The van der Waals surface area contributed by atoms with Crippen LogP contribution in [0.25, 0.3) is 0 Å². The molecule has 9 atom stereocenters. The number of nitrogens with one attached hydrogen (secondary N) is 2. The lowest BCUT2D eigenvalue weighted by atomic mass is 9.89. The SMILES string of the molecule is CC[C@H](C)[C@@H]([C@@H](CC(=O)N1CCC[C@H]1[C@H](OC)[C@@H](C)C(=O)N[C@@H](Cc1ccccc1)c1nccs1)OC)N(C)C(=O)[C@@H](NC(=O)[C@H](C(C)C)N(C)CCN(C)C)C(C)C. The van der Waals surface area contributed by atoms with Crippen LogP contribution in [0.5, 0.6) is 0 Å². The van der Waals surface area contributed by atoms with Crippen molar-refractivity contribution >= 4 is 35.0 Å². The van der Waals surface area contributed by atoms with E-state index in [0.717, 1.165) is 30.0 Å². The van der Waals surface area contributed by atoms with Gasteiger partial charge in [-0.2, -0.15) is 0 Å². The fourth-order valence-electron chi connectivity index (χ4n) is 8.55. The Morgan fingerprint density at radius 1 is 0.915 bits per heavy atom. The number of benzene rings is 1. The molecule has 2 aromatic rings. The molecule has 0 unspecified atom stereocenters. The lowest BCUT2D eigenvalue weighted by molar-refractivity contribution is -0.148. The standard InChI is InChI=1S/C45H75N7O6S/c1-14-31(6)40(51(11)45(56)38(29(2)3)48-43(55)39(30(4)5)50(10)25-24-49(8)9)36(57-12)28-37(53)52-23-18-21-35(52)41(58-13)32(7)42(54)47-34(44-46-22-26-59-44)27-33-19-16-15-17-20-33/h15-17,19-20,22,26,29-32,34-36,38-41H,14,18,21,23-25,27-28H2,1-13H3,(H,47,54)(H,48,55)/t31-,32+,34-,35-,36+,38-,39-,40-,41+/m0/s1. The average molecular weight is 842 g/mol. The first-order valence-electron chi connectivity index (χ1n) is 21.5. The van der Waals surface area contributed by atoms with Crippen LogP contribution >= 0.6 is 11.3 Å². The maximum Gasteiger partial charge on any atom is 0.245 e. The Labute approximate surface area is 358 Å². The molecule has 1 aliphatic rings. The van der Waals surface area contributed by atoms with Crippen LogP contribution < -0.4 is 10.6 Å². The van der Waals surface area contributed by atoms with Gasteiger partial charge in [-0.3, -0.25) is 24.1 Å². The first kappa shape index (κ1) is 49.9. The highest BCUT2D eigenvalue weighted by atomic mass is 32.1. The lowest BCUT2D eigenvalue weighted by Gasteiger charge is -2.41. The molecule has 0 bridgehead atoms. The first-order valence-corrected chi connectivity index (χ1v) is 22.4. The third kappa shape index (κ3) is 13.8. The average Bonchev–Trinajstić information content (AvgIpc) is 3.92. The highest BCUT2D eigenvalue weighted by Gasteiger charge is 2.43. The van der Waals surface area contributed by atoms with Gasteiger partial charge in [0.2, 0.25) is 23.6 Å². The molecule has 0 spiro atoms. The number of hydrogen-bond donors (Lipinski definition) is 2. The molecule has 332 valence electrons. The van der Waals surface area contributed by atoms with Crippen molar-refractivity contribution in [2.45, 2.75) is 123 Å². The summed E-state index contributed by atoms with van der Waals surface area (Å²) in [6.07, 6.45) is 3.46. The van der Waals surface area contributed by atoms with Gasteiger partial charge in [0.1, 0.15) is 11.0 Å². The molecule has 0 saturated carbocycles. The Balaban J connectivity index is 1.79. The summed E-state index contributed by atoms with van der Waals surface area (Å²) in [6, 6.07) is 7.79. The van der Waals surface area contributed by atoms with E-state index in [-0.39, 0.29) is 59.9 Å². The third-order valence-corrected chi connectivity index (χ3v) is 13.0. The van der Waals surface area contributed by atoms with Gasteiger partial charge in [0.05, 0.1) is 48.7 Å². The number of hydrogen-bond acceptors (Lipinski definition) is 10. The van der Waals surface area contributed by atoms with Crippen molar-refractivity contribution in [1.29, 1.82) is 0 Å². The van der Waals surface area contributed by atoms with Gasteiger partial charge in [0.25, 0.3) is 0 Å². The predicted molar refractivity (Wildman–Crippen MR) is 236 cm³/mol. The summed E-state index contributed by atoms with van der Waals surface area (Å²) in [7, 11) is 10.9. The van der Waals surface area contributed by atoms with Gasteiger partial charge in [0.15, 0.2) is 0 Å². The summed E-state index contributed by atoms with van der Waals surface area (Å²) < 4.78 is 12.2. The largest absolute Gasteiger partial charge is 0.379 e. The summed E-state index contributed by atoms with van der Waals surface area (Å²) in [6.45, 7) is 16.0. The van der Waals surface area contributed by atoms with Crippen molar-refractivity contribution in [3.05, 3.63) is 52.5 Å². The van der Waals surface area contributed by atoms with E-state index in [2.05, 4.69) is 39.3 Å². The van der Waals surface area contributed by atoms with Gasteiger partial charge in [-0.1, -0.05) is 85.2 Å². The van der Waals surface area contributed by atoms with Crippen molar-refractivity contribution in [2.75, 3.05) is 62.0 Å². The van der Waals surface area contributed by atoms with E-state index in [0.29, 0.717) is 25.9 Å². The predicted octanol–water partition coefficient (Wildman–Crippen LogP) is 5.12. The minimum Gasteiger partial charge on any atom is -0.379 e. The van der Waals surface area contributed by atoms with Crippen LogP contribution in [-0.4, -0.2) is 147 Å². The normalized spacial score (nSPS) is 18.7. The monoisotopic (exact) mass is 842 g/mol. The van der Waals surface area contributed by atoms with Gasteiger partial charge >= 0.3 is 0 Å². The molecule has 1 fully saturated rings. The Morgan fingerprint density at radius 3 is 2.14 bits per heavy atom. The molecule has 59 heavy (non-hydrogen) atoms. The molecule has 0 radical (unpaired) electrons. The summed E-state index contributed by atoms with van der Waals surface area (Å²) in [4.78, 5) is 68.9. The van der Waals surface area contributed by atoms with Gasteiger partial charge < -0.3 is 34.8 Å². The van der Waals surface area contributed by atoms with E-state index in [4.69, 9.17) is 9.47 Å². The van der Waals surface area contributed by atoms with Crippen LogP contribution in [0.3, 0.4) is 0 Å². The number of aromatic nitrogens is 1. The number of likely N-dealkylation sites (N-methyl/N-ethyl adjacent to an activating group) is 3. The molecule has 14 heteroatoms. The number of carbonyl (C=O) groups excluding carboxylic acids is 4. The minimum absolute atomic E-state index is 0.0164. The van der Waals surface area contributed by atoms with Crippen molar-refractivity contribution in [1.82, 2.24) is 35.2 Å². The number of rotatable bonds is 24. The number of thiazole rings is 1. The highest BCUT2D eigenvalue weighted by Crippen LogP contribution is 2.30. The smallest absolute Gasteiger partial charge is 0.245 e. The van der Waals surface area contributed by atoms with Crippen LogP contribution in [-0.2, 0) is 35.1 Å². The molecule has 3 rings (SSSR count). The fraction of sp³-hybridized carbons (Fsp3) is 0.711. The van der Waals surface area contributed by atoms with Crippen LogP contribution in [0.2, 0.25) is 0 Å². The van der Waals surface area contributed by atoms with E-state index in [1.54, 1.807) is 32.4 Å². The van der Waals surface area contributed by atoms with Crippen molar-refractivity contribution in [2.24, 2.45) is 23.7 Å². The van der Waals surface area contributed by atoms with Gasteiger partial charge in [-0.05, 0) is 63.7 Å². The third-order valence-electron chi connectivity index (χ3n) is 12.1. The van der Waals surface area contributed by atoms with Crippen LogP contribution in [0.1, 0.15) is 90.8 Å². The molecule has 1 aromatic heterocycles. The van der Waals surface area contributed by atoms with E-state index < -0.39 is 36.3 Å². The van der Waals surface area contributed by atoms with Crippen molar-refractivity contribution in [3.63, 3.8) is 0 Å². The Kier molecular flexibility index (Phi) is 20.4. The topological polar surface area (TPSA) is 137 Å². The quantitative estimate of drug-likeness (QED) is 0.148. The zero-order valence-electron chi connectivity index (χ0n) is 38.1. The second-order valence-corrected chi connectivity index (χ2v) is 18.3. The molecule has 1 aromatic carbocycles. The summed E-state index contributed by atoms with van der Waals surface area (Å²) >= 11 is 1.51. The second-order valence-electron chi connectivity index (χ2n) is 17.4.